The van der Waals surface area contributed by atoms with Crippen LogP contribution in [0.2, 0.25) is 0 Å². The van der Waals surface area contributed by atoms with Crippen molar-refractivity contribution < 1.29 is 9.90 Å². The zero-order chi connectivity index (χ0) is 17.9. The molecule has 140 valence electrons. The Morgan fingerprint density at radius 1 is 0.880 bits per heavy atom. The minimum Gasteiger partial charge on any atom is -0.481 e. The van der Waals surface area contributed by atoms with Gasteiger partial charge in [0.15, 0.2) is 0 Å². The molecular formula is C23H36O2. The van der Waals surface area contributed by atoms with Crippen LogP contribution in [-0.2, 0) is 17.6 Å². The predicted molar refractivity (Wildman–Crippen MR) is 105 cm³/mol. The Bertz CT molecular complexity index is 483. The van der Waals surface area contributed by atoms with Crippen molar-refractivity contribution in [3.8, 4) is 0 Å². The van der Waals surface area contributed by atoms with Gasteiger partial charge < -0.3 is 5.11 Å². The second-order valence-electron chi connectivity index (χ2n) is 7.98. The van der Waals surface area contributed by atoms with E-state index >= 15 is 0 Å². The second kappa shape index (κ2) is 11.3. The third-order valence-electron chi connectivity index (χ3n) is 5.90. The first-order chi connectivity index (χ1) is 12.2. The molecular weight excluding hydrogens is 308 g/mol. The molecule has 0 aliphatic heterocycles. The summed E-state index contributed by atoms with van der Waals surface area (Å²) >= 11 is 0. The number of carboxylic acids is 1. The lowest BCUT2D eigenvalue weighted by atomic mass is 9.78. The number of unbranched alkanes of at least 4 members (excludes halogenated alkanes) is 2. The minimum atomic E-state index is -0.697. The van der Waals surface area contributed by atoms with Crippen molar-refractivity contribution in [3.63, 3.8) is 0 Å². The molecule has 0 amide bonds. The normalized spacial score (nSPS) is 20.5. The van der Waals surface area contributed by atoms with Gasteiger partial charge >= 0.3 is 5.97 Å². The van der Waals surface area contributed by atoms with E-state index in [0.29, 0.717) is 0 Å². The van der Waals surface area contributed by atoms with Crippen LogP contribution < -0.4 is 0 Å². The SMILES string of the molecule is CCCCCC1CCC(CCc2ccc(CCCC(=O)O)cc2)CC1. The number of carboxylic acid groups (broad SMARTS) is 1. The van der Waals surface area contributed by atoms with E-state index in [9.17, 15) is 4.79 Å². The van der Waals surface area contributed by atoms with Gasteiger partial charge in [-0.05, 0) is 48.6 Å². The van der Waals surface area contributed by atoms with Gasteiger partial charge in [-0.3, -0.25) is 4.79 Å². The van der Waals surface area contributed by atoms with Gasteiger partial charge in [0.1, 0.15) is 0 Å². The summed E-state index contributed by atoms with van der Waals surface area (Å²) < 4.78 is 0. The molecule has 1 fully saturated rings. The molecule has 1 aliphatic carbocycles. The van der Waals surface area contributed by atoms with Crippen molar-refractivity contribution in [1.82, 2.24) is 0 Å². The molecule has 1 aliphatic rings. The van der Waals surface area contributed by atoms with Gasteiger partial charge in [0.2, 0.25) is 0 Å². The van der Waals surface area contributed by atoms with Crippen molar-refractivity contribution in [1.29, 1.82) is 0 Å². The van der Waals surface area contributed by atoms with E-state index in [2.05, 4.69) is 31.2 Å². The van der Waals surface area contributed by atoms with Gasteiger partial charge in [0.25, 0.3) is 0 Å². The maximum Gasteiger partial charge on any atom is 0.303 e. The summed E-state index contributed by atoms with van der Waals surface area (Å²) in [5.41, 5.74) is 2.70. The van der Waals surface area contributed by atoms with Crippen LogP contribution in [-0.4, -0.2) is 11.1 Å². The number of benzene rings is 1. The maximum absolute atomic E-state index is 10.6. The molecule has 0 heterocycles. The Morgan fingerprint density at radius 2 is 1.44 bits per heavy atom. The van der Waals surface area contributed by atoms with Crippen molar-refractivity contribution >= 4 is 5.97 Å². The summed E-state index contributed by atoms with van der Waals surface area (Å²) in [5, 5.41) is 8.70. The van der Waals surface area contributed by atoms with Crippen LogP contribution in [0, 0.1) is 11.8 Å². The quantitative estimate of drug-likeness (QED) is 0.471. The molecule has 0 spiro atoms. The van der Waals surface area contributed by atoms with Crippen LogP contribution in [0.5, 0.6) is 0 Å². The van der Waals surface area contributed by atoms with Gasteiger partial charge in [-0.2, -0.15) is 0 Å². The fourth-order valence-electron chi connectivity index (χ4n) is 4.18. The summed E-state index contributed by atoms with van der Waals surface area (Å²) in [6.45, 7) is 2.29. The minimum absolute atomic E-state index is 0.267. The van der Waals surface area contributed by atoms with Gasteiger partial charge in [-0.1, -0.05) is 82.6 Å². The van der Waals surface area contributed by atoms with Crippen LogP contribution in [0.3, 0.4) is 0 Å². The highest BCUT2D eigenvalue weighted by atomic mass is 16.4. The van der Waals surface area contributed by atoms with Crippen molar-refractivity contribution in [3.05, 3.63) is 35.4 Å². The molecule has 0 unspecified atom stereocenters. The Balaban J connectivity index is 1.62. The molecule has 0 bridgehead atoms. The summed E-state index contributed by atoms with van der Waals surface area (Å²) in [6.07, 6.45) is 15.8. The summed E-state index contributed by atoms with van der Waals surface area (Å²) in [5.74, 6) is 1.24. The van der Waals surface area contributed by atoms with Crippen LogP contribution in [0.15, 0.2) is 24.3 Å². The van der Waals surface area contributed by atoms with Crippen molar-refractivity contribution in [2.24, 2.45) is 11.8 Å². The summed E-state index contributed by atoms with van der Waals surface area (Å²) in [6, 6.07) is 8.85. The van der Waals surface area contributed by atoms with E-state index in [-0.39, 0.29) is 6.42 Å². The largest absolute Gasteiger partial charge is 0.481 e. The zero-order valence-electron chi connectivity index (χ0n) is 16.0. The topological polar surface area (TPSA) is 37.3 Å². The lowest BCUT2D eigenvalue weighted by Crippen LogP contribution is -2.15. The monoisotopic (exact) mass is 344 g/mol. The number of hydrogen-bond donors (Lipinski definition) is 1. The molecule has 0 atom stereocenters. The van der Waals surface area contributed by atoms with E-state index in [1.807, 2.05) is 0 Å². The molecule has 1 saturated carbocycles. The molecule has 2 rings (SSSR count). The molecule has 25 heavy (non-hydrogen) atoms. The Morgan fingerprint density at radius 3 is 2.00 bits per heavy atom. The second-order valence-corrected chi connectivity index (χ2v) is 7.98. The molecule has 1 aromatic carbocycles. The smallest absolute Gasteiger partial charge is 0.303 e. The molecule has 0 saturated heterocycles. The average Bonchev–Trinajstić information content (AvgIpc) is 2.62. The Kier molecular flexibility index (Phi) is 9.07. The van der Waals surface area contributed by atoms with Crippen LogP contribution in [0.1, 0.15) is 88.7 Å². The van der Waals surface area contributed by atoms with Crippen molar-refractivity contribution in [2.75, 3.05) is 0 Å². The van der Waals surface area contributed by atoms with E-state index in [0.717, 1.165) is 24.7 Å². The highest BCUT2D eigenvalue weighted by Crippen LogP contribution is 2.34. The fraction of sp³-hybridized carbons (Fsp3) is 0.696. The Hall–Kier alpha value is -1.31. The number of aryl methyl sites for hydroxylation is 2. The van der Waals surface area contributed by atoms with E-state index in [4.69, 9.17) is 5.11 Å². The standard InChI is InChI=1S/C23H36O2/c1-2-3-4-6-19-9-13-21(14-10-19)17-18-22-15-11-20(12-16-22)7-5-8-23(24)25/h11-12,15-16,19,21H,2-10,13-14,17-18H2,1H3,(H,24,25). The molecule has 1 N–H and O–H groups in total. The lowest BCUT2D eigenvalue weighted by molar-refractivity contribution is -0.137. The lowest BCUT2D eigenvalue weighted by Gasteiger charge is -2.28. The summed E-state index contributed by atoms with van der Waals surface area (Å²) in [7, 11) is 0. The van der Waals surface area contributed by atoms with E-state index in [1.165, 1.54) is 75.3 Å². The van der Waals surface area contributed by atoms with Gasteiger partial charge in [-0.15, -0.1) is 0 Å². The molecule has 0 radical (unpaired) electrons. The van der Waals surface area contributed by atoms with E-state index < -0.39 is 5.97 Å². The molecule has 0 aromatic heterocycles. The average molecular weight is 345 g/mol. The zero-order valence-corrected chi connectivity index (χ0v) is 16.0. The number of rotatable bonds is 11. The van der Waals surface area contributed by atoms with Crippen LogP contribution in [0.4, 0.5) is 0 Å². The molecule has 2 nitrogen and oxygen atoms in total. The van der Waals surface area contributed by atoms with Gasteiger partial charge in [0.05, 0.1) is 0 Å². The fourth-order valence-corrected chi connectivity index (χ4v) is 4.18. The highest BCUT2D eigenvalue weighted by Gasteiger charge is 2.20. The van der Waals surface area contributed by atoms with Crippen LogP contribution >= 0.6 is 0 Å². The van der Waals surface area contributed by atoms with E-state index in [1.54, 1.807) is 0 Å². The number of carbonyl (C=O) groups is 1. The molecule has 2 heteroatoms. The predicted octanol–water partition coefficient (Wildman–Crippen LogP) is 6.41. The first-order valence-electron chi connectivity index (χ1n) is 10.5. The third-order valence-corrected chi connectivity index (χ3v) is 5.90. The van der Waals surface area contributed by atoms with Gasteiger partial charge in [-0.25, -0.2) is 0 Å². The third kappa shape index (κ3) is 8.07. The number of hydrogen-bond acceptors (Lipinski definition) is 1. The highest BCUT2D eigenvalue weighted by molar-refractivity contribution is 5.66. The first-order valence-corrected chi connectivity index (χ1v) is 10.5. The molecule has 1 aromatic rings. The number of aliphatic carboxylic acids is 1. The first kappa shape index (κ1) is 20.0. The maximum atomic E-state index is 10.6. The summed E-state index contributed by atoms with van der Waals surface area (Å²) in [4.78, 5) is 10.6. The Labute approximate surface area is 154 Å². The van der Waals surface area contributed by atoms with Crippen molar-refractivity contribution in [2.45, 2.75) is 90.4 Å². The van der Waals surface area contributed by atoms with Crippen LogP contribution in [0.25, 0.3) is 0 Å². The van der Waals surface area contributed by atoms with Gasteiger partial charge in [0, 0.05) is 6.42 Å².